The van der Waals surface area contributed by atoms with E-state index in [1.54, 1.807) is 0 Å². The van der Waals surface area contributed by atoms with Crippen molar-refractivity contribution in [2.24, 2.45) is 0 Å². The van der Waals surface area contributed by atoms with Gasteiger partial charge in [0.05, 0.1) is 13.2 Å². The van der Waals surface area contributed by atoms with Gasteiger partial charge in [-0.3, -0.25) is 4.90 Å². The molecule has 0 aromatic carbocycles. The zero-order valence-corrected chi connectivity index (χ0v) is 13.1. The lowest BCUT2D eigenvalue weighted by molar-refractivity contribution is 0.0561. The second kappa shape index (κ2) is 7.39. The molecule has 0 saturated carbocycles. The SMILES string of the molecule is CC(C)N(Cc1cccs1)C(C)CC1COCCN1. The summed E-state index contributed by atoms with van der Waals surface area (Å²) in [5.41, 5.74) is 0. The second-order valence-electron chi connectivity index (χ2n) is 5.66. The Hall–Kier alpha value is -0.420. The molecule has 108 valence electrons. The van der Waals surface area contributed by atoms with E-state index in [4.69, 9.17) is 4.74 Å². The molecular formula is C15H26N2OS. The minimum absolute atomic E-state index is 0.508. The summed E-state index contributed by atoms with van der Waals surface area (Å²) in [7, 11) is 0. The smallest absolute Gasteiger partial charge is 0.0620 e. The van der Waals surface area contributed by atoms with E-state index in [1.807, 2.05) is 11.3 Å². The molecule has 2 rings (SSSR count). The van der Waals surface area contributed by atoms with Crippen molar-refractivity contribution in [3.63, 3.8) is 0 Å². The van der Waals surface area contributed by atoms with Gasteiger partial charge in [-0.05, 0) is 38.6 Å². The number of ether oxygens (including phenoxy) is 1. The summed E-state index contributed by atoms with van der Waals surface area (Å²) in [4.78, 5) is 4.04. The molecule has 2 unspecified atom stereocenters. The van der Waals surface area contributed by atoms with Crippen molar-refractivity contribution in [2.75, 3.05) is 19.8 Å². The Labute approximate surface area is 121 Å². The zero-order valence-electron chi connectivity index (χ0n) is 12.3. The van der Waals surface area contributed by atoms with Crippen LogP contribution in [0.15, 0.2) is 17.5 Å². The van der Waals surface area contributed by atoms with Crippen LogP contribution in [-0.4, -0.2) is 42.8 Å². The van der Waals surface area contributed by atoms with E-state index >= 15 is 0 Å². The normalized spacial score (nSPS) is 22.1. The van der Waals surface area contributed by atoms with E-state index < -0.39 is 0 Å². The highest BCUT2D eigenvalue weighted by atomic mass is 32.1. The first kappa shape index (κ1) is 15.0. The molecule has 2 heterocycles. The molecule has 0 amide bonds. The number of nitrogens with zero attached hydrogens (tertiary/aromatic N) is 1. The van der Waals surface area contributed by atoms with Gasteiger partial charge in [0.15, 0.2) is 0 Å². The Kier molecular flexibility index (Phi) is 5.82. The van der Waals surface area contributed by atoms with E-state index in [1.165, 1.54) is 4.88 Å². The lowest BCUT2D eigenvalue weighted by Gasteiger charge is -2.35. The van der Waals surface area contributed by atoms with Crippen molar-refractivity contribution in [3.05, 3.63) is 22.4 Å². The van der Waals surface area contributed by atoms with Crippen LogP contribution < -0.4 is 5.32 Å². The third-order valence-corrected chi connectivity index (χ3v) is 4.63. The van der Waals surface area contributed by atoms with Crippen LogP contribution in [0.2, 0.25) is 0 Å². The Morgan fingerprint density at radius 2 is 2.32 bits per heavy atom. The van der Waals surface area contributed by atoms with Crippen LogP contribution >= 0.6 is 11.3 Å². The van der Waals surface area contributed by atoms with Crippen LogP contribution in [0.4, 0.5) is 0 Å². The molecule has 2 atom stereocenters. The fourth-order valence-electron chi connectivity index (χ4n) is 2.75. The van der Waals surface area contributed by atoms with Crippen molar-refractivity contribution in [1.29, 1.82) is 0 Å². The molecule has 3 nitrogen and oxygen atoms in total. The van der Waals surface area contributed by atoms with E-state index in [0.29, 0.717) is 18.1 Å². The van der Waals surface area contributed by atoms with Gasteiger partial charge in [-0.15, -0.1) is 11.3 Å². The zero-order chi connectivity index (χ0) is 13.7. The highest BCUT2D eigenvalue weighted by molar-refractivity contribution is 7.09. The summed E-state index contributed by atoms with van der Waals surface area (Å²) in [5.74, 6) is 0. The standard InChI is InChI=1S/C15H26N2OS/c1-12(2)17(10-15-5-4-8-19-15)13(3)9-14-11-18-7-6-16-14/h4-5,8,12-14,16H,6-7,9-11H2,1-3H3. The van der Waals surface area contributed by atoms with E-state index in [2.05, 4.69) is 48.5 Å². The molecule has 1 N–H and O–H groups in total. The number of hydrogen-bond acceptors (Lipinski definition) is 4. The lowest BCUT2D eigenvalue weighted by atomic mass is 10.1. The molecule has 1 aliphatic heterocycles. The van der Waals surface area contributed by atoms with Gasteiger partial charge in [-0.2, -0.15) is 0 Å². The quantitative estimate of drug-likeness (QED) is 0.868. The van der Waals surface area contributed by atoms with Gasteiger partial charge in [0.1, 0.15) is 0 Å². The highest BCUT2D eigenvalue weighted by Gasteiger charge is 2.22. The van der Waals surface area contributed by atoms with Gasteiger partial charge < -0.3 is 10.1 Å². The Bertz CT molecular complexity index is 347. The second-order valence-corrected chi connectivity index (χ2v) is 6.69. The van der Waals surface area contributed by atoms with Gasteiger partial charge in [0.25, 0.3) is 0 Å². The van der Waals surface area contributed by atoms with Gasteiger partial charge in [-0.25, -0.2) is 0 Å². The summed E-state index contributed by atoms with van der Waals surface area (Å²) in [6.45, 7) is 10.7. The minimum Gasteiger partial charge on any atom is -0.379 e. The van der Waals surface area contributed by atoms with Gasteiger partial charge in [0.2, 0.25) is 0 Å². The van der Waals surface area contributed by atoms with Crippen LogP contribution in [0, 0.1) is 0 Å². The fourth-order valence-corrected chi connectivity index (χ4v) is 3.46. The van der Waals surface area contributed by atoms with Crippen LogP contribution in [0.1, 0.15) is 32.1 Å². The molecule has 1 aromatic heterocycles. The molecule has 0 bridgehead atoms. The van der Waals surface area contributed by atoms with E-state index in [9.17, 15) is 0 Å². The minimum atomic E-state index is 0.508. The molecule has 0 radical (unpaired) electrons. The monoisotopic (exact) mass is 282 g/mol. The lowest BCUT2D eigenvalue weighted by Crippen LogP contribution is -2.47. The maximum Gasteiger partial charge on any atom is 0.0620 e. The molecule has 1 aromatic rings. The van der Waals surface area contributed by atoms with Crippen LogP contribution in [0.3, 0.4) is 0 Å². The maximum absolute atomic E-state index is 5.55. The predicted octanol–water partition coefficient (Wildman–Crippen LogP) is 2.73. The topological polar surface area (TPSA) is 24.5 Å². The average molecular weight is 282 g/mol. The molecule has 0 aliphatic carbocycles. The first-order chi connectivity index (χ1) is 9.16. The van der Waals surface area contributed by atoms with Crippen LogP contribution in [0.25, 0.3) is 0 Å². The number of rotatable bonds is 6. The summed E-state index contributed by atoms with van der Waals surface area (Å²) < 4.78 is 5.55. The third-order valence-electron chi connectivity index (χ3n) is 3.77. The predicted molar refractivity (Wildman–Crippen MR) is 81.7 cm³/mol. The van der Waals surface area contributed by atoms with Gasteiger partial charge in [-0.1, -0.05) is 6.07 Å². The Morgan fingerprint density at radius 1 is 1.47 bits per heavy atom. The molecule has 1 saturated heterocycles. The van der Waals surface area contributed by atoms with Crippen molar-refractivity contribution in [2.45, 2.75) is 51.9 Å². The molecule has 19 heavy (non-hydrogen) atoms. The van der Waals surface area contributed by atoms with Gasteiger partial charge in [0, 0.05) is 36.1 Å². The molecule has 1 fully saturated rings. The highest BCUT2D eigenvalue weighted by Crippen LogP contribution is 2.19. The summed E-state index contributed by atoms with van der Waals surface area (Å²) in [6, 6.07) is 6.02. The summed E-state index contributed by atoms with van der Waals surface area (Å²) in [5, 5.41) is 5.72. The number of thiophene rings is 1. The molecule has 0 spiro atoms. The Morgan fingerprint density at radius 3 is 2.89 bits per heavy atom. The van der Waals surface area contributed by atoms with Crippen molar-refractivity contribution in [1.82, 2.24) is 10.2 Å². The largest absolute Gasteiger partial charge is 0.379 e. The first-order valence-corrected chi connectivity index (χ1v) is 8.14. The van der Waals surface area contributed by atoms with Crippen molar-refractivity contribution < 1.29 is 4.74 Å². The summed E-state index contributed by atoms with van der Waals surface area (Å²) >= 11 is 1.85. The van der Waals surface area contributed by atoms with E-state index in [0.717, 1.165) is 32.7 Å². The number of hydrogen-bond donors (Lipinski definition) is 1. The van der Waals surface area contributed by atoms with Gasteiger partial charge >= 0.3 is 0 Å². The van der Waals surface area contributed by atoms with Crippen molar-refractivity contribution in [3.8, 4) is 0 Å². The summed E-state index contributed by atoms with van der Waals surface area (Å²) in [6.07, 6.45) is 1.16. The molecule has 1 aliphatic rings. The molecular weight excluding hydrogens is 256 g/mol. The average Bonchev–Trinajstić information content (AvgIpc) is 2.89. The first-order valence-electron chi connectivity index (χ1n) is 7.26. The number of nitrogens with one attached hydrogen (secondary N) is 1. The Balaban J connectivity index is 1.89. The molecule has 4 heteroatoms. The fraction of sp³-hybridized carbons (Fsp3) is 0.733. The number of morpholine rings is 1. The maximum atomic E-state index is 5.55. The van der Waals surface area contributed by atoms with E-state index in [-0.39, 0.29) is 0 Å². The van der Waals surface area contributed by atoms with Crippen molar-refractivity contribution >= 4 is 11.3 Å². The van der Waals surface area contributed by atoms with Crippen LogP contribution in [0.5, 0.6) is 0 Å². The van der Waals surface area contributed by atoms with Crippen LogP contribution in [-0.2, 0) is 11.3 Å². The third kappa shape index (κ3) is 4.56.